The van der Waals surface area contributed by atoms with E-state index in [1.165, 1.54) is 12.2 Å². The first-order chi connectivity index (χ1) is 15.8. The van der Waals surface area contributed by atoms with Gasteiger partial charge in [0, 0.05) is 16.7 Å². The van der Waals surface area contributed by atoms with Crippen molar-refractivity contribution in [2.24, 2.45) is 5.92 Å². The highest BCUT2D eigenvalue weighted by Crippen LogP contribution is 2.31. The Morgan fingerprint density at radius 3 is 1.62 bits per heavy atom. The number of hydrogen-bond donors (Lipinski definition) is 0. The number of halogens is 4. The van der Waals surface area contributed by atoms with Crippen LogP contribution in [0.15, 0.2) is 133 Å². The van der Waals surface area contributed by atoms with Gasteiger partial charge in [-0.3, -0.25) is 0 Å². The van der Waals surface area contributed by atoms with Gasteiger partial charge in [-0.1, -0.05) is 77.6 Å². The van der Waals surface area contributed by atoms with E-state index in [0.29, 0.717) is 30.8 Å². The molecule has 0 aliphatic heterocycles. The van der Waals surface area contributed by atoms with Crippen molar-refractivity contribution in [3.8, 4) is 0 Å². The summed E-state index contributed by atoms with van der Waals surface area (Å²) >= 11 is 0. The van der Waals surface area contributed by atoms with Crippen molar-refractivity contribution in [1.29, 1.82) is 0 Å². The molecule has 0 radical (unpaired) electrons. The third-order valence-corrected chi connectivity index (χ3v) is 5.01. The molecule has 0 aromatic rings. The van der Waals surface area contributed by atoms with Gasteiger partial charge >= 0.3 is 0 Å². The first-order valence-corrected chi connectivity index (χ1v) is 11.0. The normalized spacial score (nSPS) is 13.4. The molecule has 0 bridgehead atoms. The van der Waals surface area contributed by atoms with E-state index in [2.05, 4.69) is 46.1 Å². The maximum absolute atomic E-state index is 14.6. The lowest BCUT2D eigenvalue weighted by molar-refractivity contribution is 0.550. The third-order valence-electron chi connectivity index (χ3n) is 5.01. The predicted molar refractivity (Wildman–Crippen MR) is 140 cm³/mol. The van der Waals surface area contributed by atoms with Crippen molar-refractivity contribution >= 4 is 0 Å². The summed E-state index contributed by atoms with van der Waals surface area (Å²) in [5.74, 6) is -4.24. The summed E-state index contributed by atoms with van der Waals surface area (Å²) in [7, 11) is 0. The van der Waals surface area contributed by atoms with Crippen LogP contribution in [0.4, 0.5) is 17.6 Å². The van der Waals surface area contributed by atoms with Gasteiger partial charge in [-0.2, -0.15) is 0 Å². The topological polar surface area (TPSA) is 0 Å². The van der Waals surface area contributed by atoms with Crippen molar-refractivity contribution in [2.75, 3.05) is 0 Å². The fourth-order valence-electron chi connectivity index (χ4n) is 2.52. The van der Waals surface area contributed by atoms with E-state index in [1.54, 1.807) is 19.1 Å². The molecule has 0 unspecified atom stereocenters. The molecule has 184 valence electrons. The van der Waals surface area contributed by atoms with E-state index in [0.717, 1.165) is 0 Å². The van der Waals surface area contributed by atoms with E-state index >= 15 is 0 Å². The van der Waals surface area contributed by atoms with Crippen LogP contribution in [0.3, 0.4) is 0 Å². The first kappa shape index (κ1) is 30.9. The van der Waals surface area contributed by atoms with Gasteiger partial charge in [-0.25, -0.2) is 17.6 Å². The molecule has 0 N–H and O–H groups in total. The average Bonchev–Trinajstić information content (AvgIpc) is 2.81. The van der Waals surface area contributed by atoms with Crippen molar-refractivity contribution in [1.82, 2.24) is 0 Å². The van der Waals surface area contributed by atoms with Crippen LogP contribution in [0.25, 0.3) is 0 Å². The van der Waals surface area contributed by atoms with Crippen LogP contribution in [0.1, 0.15) is 46.5 Å². The summed E-state index contributed by atoms with van der Waals surface area (Å²) in [6.07, 6.45) is 8.25. The molecule has 0 saturated heterocycles. The molecule has 0 aliphatic rings. The van der Waals surface area contributed by atoms with Crippen molar-refractivity contribution in [2.45, 2.75) is 46.5 Å². The van der Waals surface area contributed by atoms with Gasteiger partial charge in [0.1, 0.15) is 0 Å². The van der Waals surface area contributed by atoms with E-state index in [-0.39, 0.29) is 39.9 Å². The van der Waals surface area contributed by atoms with Crippen LogP contribution in [0.2, 0.25) is 0 Å². The number of allylic oxidation sites excluding steroid dienone is 15. The largest absolute Gasteiger partial charge is 0.203 e. The fourth-order valence-corrected chi connectivity index (χ4v) is 2.52. The molecule has 0 heterocycles. The van der Waals surface area contributed by atoms with Crippen LogP contribution < -0.4 is 0 Å². The van der Waals surface area contributed by atoms with Gasteiger partial charge in [-0.15, -0.1) is 6.58 Å². The first-order valence-electron chi connectivity index (χ1n) is 11.0. The Morgan fingerprint density at radius 2 is 1.18 bits per heavy atom. The number of rotatable bonds is 15. The molecule has 0 nitrogen and oxygen atoms in total. The summed E-state index contributed by atoms with van der Waals surface area (Å²) in [4.78, 5) is 0. The van der Waals surface area contributed by atoms with Crippen molar-refractivity contribution in [3.05, 3.63) is 133 Å². The smallest absolute Gasteiger partial charge is 0.166 e. The van der Waals surface area contributed by atoms with E-state index in [4.69, 9.17) is 0 Å². The molecule has 0 aliphatic carbocycles. The van der Waals surface area contributed by atoms with Gasteiger partial charge in [0.2, 0.25) is 0 Å². The predicted octanol–water partition coefficient (Wildman–Crippen LogP) is 10.5. The van der Waals surface area contributed by atoms with Crippen molar-refractivity contribution in [3.63, 3.8) is 0 Å². The summed E-state index contributed by atoms with van der Waals surface area (Å²) < 4.78 is 58.0. The molecule has 0 spiro atoms. The summed E-state index contributed by atoms with van der Waals surface area (Å²) in [6, 6.07) is 0. The standard InChI is InChI=1S/C30H36F4/c1-11-12-13-14-23(7)27(31)28(32)24(8)21(5)17-18-22(6)26(10)30(34)29(33)25(9)20(4)16-15-19(2)3/h11,16-19H,1,5-10,12-15H2,2-4H3/b18-17-,20-16+,28-27-,30-29-. The Balaban J connectivity index is 5.42. The molecule has 0 aromatic carbocycles. The molecule has 0 amide bonds. The lowest BCUT2D eigenvalue weighted by Crippen LogP contribution is -1.95. The SMILES string of the molecule is C=CCCCC(=C)/C(F)=C(/F)C(=C)C(=C)/C=C\C(=C)C(=C)/C(F)=C(/F)C(=C)/C(C)=C/CC(C)C. The van der Waals surface area contributed by atoms with Gasteiger partial charge in [0.15, 0.2) is 23.3 Å². The second-order valence-corrected chi connectivity index (χ2v) is 8.38. The van der Waals surface area contributed by atoms with Crippen LogP contribution in [0, 0.1) is 5.92 Å². The van der Waals surface area contributed by atoms with Gasteiger partial charge in [0.05, 0.1) is 0 Å². The molecule has 0 saturated carbocycles. The minimum absolute atomic E-state index is 0.00992. The number of unbranched alkanes of at least 4 members (excludes halogenated alkanes) is 1. The highest BCUT2D eigenvalue weighted by molar-refractivity contribution is 5.55. The van der Waals surface area contributed by atoms with Crippen LogP contribution in [0.5, 0.6) is 0 Å². The Kier molecular flexibility index (Phi) is 13.5. The Bertz CT molecular complexity index is 991. The van der Waals surface area contributed by atoms with Gasteiger partial charge in [-0.05, 0) is 60.8 Å². The van der Waals surface area contributed by atoms with E-state index < -0.39 is 23.3 Å². The lowest BCUT2D eigenvalue weighted by Gasteiger charge is -2.10. The molecule has 4 heteroatoms. The lowest BCUT2D eigenvalue weighted by atomic mass is 9.99. The quantitative estimate of drug-likeness (QED) is 0.0962. The zero-order chi connectivity index (χ0) is 26.6. The summed E-state index contributed by atoms with van der Waals surface area (Å²) in [5, 5.41) is 0. The molecule has 0 atom stereocenters. The molecule has 0 aromatic heterocycles. The van der Waals surface area contributed by atoms with Crippen LogP contribution in [-0.2, 0) is 0 Å². The van der Waals surface area contributed by atoms with Gasteiger partial charge < -0.3 is 0 Å². The van der Waals surface area contributed by atoms with Gasteiger partial charge in [0.25, 0.3) is 0 Å². The van der Waals surface area contributed by atoms with Crippen LogP contribution >= 0.6 is 0 Å². The van der Waals surface area contributed by atoms with E-state index in [9.17, 15) is 17.6 Å². The monoisotopic (exact) mass is 472 g/mol. The maximum atomic E-state index is 14.6. The Labute approximate surface area is 202 Å². The maximum Gasteiger partial charge on any atom is 0.166 e. The second kappa shape index (κ2) is 14.9. The molecule has 0 fully saturated rings. The summed E-state index contributed by atoms with van der Waals surface area (Å²) in [6.45, 7) is 30.8. The zero-order valence-electron chi connectivity index (χ0n) is 20.7. The second-order valence-electron chi connectivity index (χ2n) is 8.38. The molecule has 34 heavy (non-hydrogen) atoms. The highest BCUT2D eigenvalue weighted by atomic mass is 19.2. The Morgan fingerprint density at radius 1 is 0.735 bits per heavy atom. The molecule has 0 rings (SSSR count). The Hall–Kier alpha value is -3.14. The zero-order valence-corrected chi connectivity index (χ0v) is 20.7. The molecular formula is C30H36F4. The highest BCUT2D eigenvalue weighted by Gasteiger charge is 2.17. The third kappa shape index (κ3) is 9.78. The van der Waals surface area contributed by atoms with E-state index in [1.807, 2.05) is 13.8 Å². The van der Waals surface area contributed by atoms with Crippen LogP contribution in [-0.4, -0.2) is 0 Å². The average molecular weight is 473 g/mol. The molecular weight excluding hydrogens is 436 g/mol. The summed E-state index contributed by atoms with van der Waals surface area (Å²) in [5.41, 5.74) is -0.0867. The minimum atomic E-state index is -1.20. The fraction of sp³-hybridized carbons (Fsp3) is 0.267. The minimum Gasteiger partial charge on any atom is -0.203 e. The number of hydrogen-bond acceptors (Lipinski definition) is 0. The van der Waals surface area contributed by atoms with Crippen molar-refractivity contribution < 1.29 is 17.6 Å².